The topological polar surface area (TPSA) is 57.1 Å². The highest BCUT2D eigenvalue weighted by Gasteiger charge is 2.26. The minimum absolute atomic E-state index is 0.0616. The van der Waals surface area contributed by atoms with Gasteiger partial charge < -0.3 is 14.2 Å². The molecule has 0 spiro atoms. The second kappa shape index (κ2) is 8.67. The maximum Gasteiger partial charge on any atom is 0.363 e. The van der Waals surface area contributed by atoms with Crippen LogP contribution < -0.4 is 9.47 Å². The number of nitrogens with zero attached hydrogens (tertiary/aromatic N) is 1. The summed E-state index contributed by atoms with van der Waals surface area (Å²) in [5.41, 5.74) is 1.33. The first-order chi connectivity index (χ1) is 13.4. The molecule has 28 heavy (non-hydrogen) atoms. The fourth-order valence-electron chi connectivity index (χ4n) is 2.60. The Morgan fingerprint density at radius 3 is 2.61 bits per heavy atom. The van der Waals surface area contributed by atoms with Crippen LogP contribution in [0.3, 0.4) is 0 Å². The SMILES string of the molecule is CCOc1cc(/C=C2\N=C(c3ccccc3Cl)OC2=O)cc(Cl)c1OC(C)C. The van der Waals surface area contributed by atoms with Crippen molar-refractivity contribution in [3.8, 4) is 11.5 Å². The van der Waals surface area contributed by atoms with E-state index in [1.807, 2.05) is 20.8 Å². The van der Waals surface area contributed by atoms with E-state index in [1.165, 1.54) is 0 Å². The van der Waals surface area contributed by atoms with Crippen molar-refractivity contribution < 1.29 is 19.0 Å². The molecule has 2 aromatic rings. The van der Waals surface area contributed by atoms with E-state index < -0.39 is 5.97 Å². The number of benzene rings is 2. The molecule has 0 unspecified atom stereocenters. The lowest BCUT2D eigenvalue weighted by Crippen LogP contribution is -2.08. The van der Waals surface area contributed by atoms with Crippen molar-refractivity contribution in [2.75, 3.05) is 6.61 Å². The Balaban J connectivity index is 1.98. The van der Waals surface area contributed by atoms with Gasteiger partial charge in [0.1, 0.15) is 0 Å². The maximum atomic E-state index is 12.2. The average molecular weight is 420 g/mol. The monoisotopic (exact) mass is 419 g/mol. The van der Waals surface area contributed by atoms with Crippen molar-refractivity contribution in [3.63, 3.8) is 0 Å². The first kappa shape index (κ1) is 20.2. The van der Waals surface area contributed by atoms with Crippen molar-refractivity contribution in [1.82, 2.24) is 0 Å². The molecule has 1 aliphatic rings. The molecule has 0 amide bonds. The van der Waals surface area contributed by atoms with Crippen LogP contribution in [-0.2, 0) is 9.53 Å². The van der Waals surface area contributed by atoms with Crippen molar-refractivity contribution in [1.29, 1.82) is 0 Å². The molecule has 0 bridgehead atoms. The van der Waals surface area contributed by atoms with Crippen molar-refractivity contribution in [3.05, 3.63) is 63.3 Å². The minimum Gasteiger partial charge on any atom is -0.490 e. The van der Waals surface area contributed by atoms with E-state index >= 15 is 0 Å². The summed E-state index contributed by atoms with van der Waals surface area (Å²) >= 11 is 12.5. The van der Waals surface area contributed by atoms with Crippen LogP contribution in [0.15, 0.2) is 47.1 Å². The van der Waals surface area contributed by atoms with Gasteiger partial charge in [-0.2, -0.15) is 0 Å². The third-order valence-corrected chi connectivity index (χ3v) is 4.32. The van der Waals surface area contributed by atoms with Crippen LogP contribution in [-0.4, -0.2) is 24.6 Å². The molecule has 2 aromatic carbocycles. The first-order valence-electron chi connectivity index (χ1n) is 8.79. The summed E-state index contributed by atoms with van der Waals surface area (Å²) < 4.78 is 16.7. The molecule has 1 heterocycles. The molecule has 3 rings (SSSR count). The minimum atomic E-state index is -0.563. The Kier molecular flexibility index (Phi) is 6.27. The summed E-state index contributed by atoms with van der Waals surface area (Å²) in [6.07, 6.45) is 1.52. The molecule has 0 aliphatic carbocycles. The standard InChI is InChI=1S/C21H19Cl2NO4/c1-4-26-18-11-13(9-16(23)19(18)27-12(2)3)10-17-21(25)28-20(24-17)14-7-5-6-8-15(14)22/h5-12H,4H2,1-3H3/b17-10-. The Morgan fingerprint density at radius 1 is 1.18 bits per heavy atom. The lowest BCUT2D eigenvalue weighted by molar-refractivity contribution is -0.129. The zero-order chi connectivity index (χ0) is 20.3. The van der Waals surface area contributed by atoms with Crippen molar-refractivity contribution in [2.45, 2.75) is 26.9 Å². The summed E-state index contributed by atoms with van der Waals surface area (Å²) in [4.78, 5) is 16.5. The lowest BCUT2D eigenvalue weighted by Gasteiger charge is -2.16. The first-order valence-corrected chi connectivity index (χ1v) is 9.55. The van der Waals surface area contributed by atoms with E-state index in [1.54, 1.807) is 42.5 Å². The molecule has 0 radical (unpaired) electrons. The van der Waals surface area contributed by atoms with E-state index in [0.717, 1.165) is 0 Å². The second-order valence-corrected chi connectivity index (χ2v) is 7.06. The summed E-state index contributed by atoms with van der Waals surface area (Å²) in [5.74, 6) is 0.566. The number of halogens is 2. The molecule has 146 valence electrons. The summed E-state index contributed by atoms with van der Waals surface area (Å²) in [6, 6.07) is 10.5. The molecule has 0 aromatic heterocycles. The normalized spacial score (nSPS) is 15.0. The van der Waals surface area contributed by atoms with Gasteiger partial charge in [-0.05, 0) is 56.7 Å². The Labute approximate surface area is 173 Å². The van der Waals surface area contributed by atoms with Crippen LogP contribution in [0.5, 0.6) is 11.5 Å². The smallest absolute Gasteiger partial charge is 0.363 e. The molecule has 0 fully saturated rings. The van der Waals surface area contributed by atoms with Crippen LogP contribution in [0.25, 0.3) is 6.08 Å². The van der Waals surface area contributed by atoms with Gasteiger partial charge in [-0.1, -0.05) is 35.3 Å². The molecule has 1 aliphatic heterocycles. The third kappa shape index (κ3) is 4.49. The van der Waals surface area contributed by atoms with Crippen LogP contribution in [0.4, 0.5) is 0 Å². The van der Waals surface area contributed by atoms with Crippen LogP contribution in [0.2, 0.25) is 10.0 Å². The Hall–Kier alpha value is -2.50. The summed E-state index contributed by atoms with van der Waals surface area (Å²) in [5, 5.41) is 0.834. The molecular formula is C21H19Cl2NO4. The molecule has 0 atom stereocenters. The molecule has 0 N–H and O–H groups in total. The third-order valence-electron chi connectivity index (χ3n) is 3.71. The Morgan fingerprint density at radius 2 is 1.93 bits per heavy atom. The highest BCUT2D eigenvalue weighted by Crippen LogP contribution is 2.38. The zero-order valence-corrected chi connectivity index (χ0v) is 17.2. The van der Waals surface area contributed by atoms with Gasteiger partial charge in [0.25, 0.3) is 0 Å². The summed E-state index contributed by atoms with van der Waals surface area (Å²) in [7, 11) is 0. The van der Waals surface area contributed by atoms with Gasteiger partial charge in [0, 0.05) is 0 Å². The van der Waals surface area contributed by atoms with Crippen LogP contribution in [0.1, 0.15) is 31.9 Å². The predicted molar refractivity (Wildman–Crippen MR) is 110 cm³/mol. The van der Waals surface area contributed by atoms with Crippen LogP contribution in [0, 0.1) is 0 Å². The number of carbonyl (C=O) groups is 1. The van der Waals surface area contributed by atoms with Gasteiger partial charge in [0.15, 0.2) is 17.2 Å². The number of rotatable bonds is 6. The molecule has 0 saturated heterocycles. The van der Waals surface area contributed by atoms with E-state index in [-0.39, 0.29) is 17.7 Å². The zero-order valence-electron chi connectivity index (χ0n) is 15.7. The number of ether oxygens (including phenoxy) is 3. The fraction of sp³-hybridized carbons (Fsp3) is 0.238. The number of aliphatic imine (C=N–C) groups is 1. The number of esters is 1. The highest BCUT2D eigenvalue weighted by atomic mass is 35.5. The number of hydrogen-bond acceptors (Lipinski definition) is 5. The second-order valence-electron chi connectivity index (χ2n) is 6.25. The quantitative estimate of drug-likeness (QED) is 0.456. The maximum absolute atomic E-state index is 12.2. The van der Waals surface area contributed by atoms with E-state index in [4.69, 9.17) is 37.4 Å². The predicted octanol–water partition coefficient (Wildman–Crippen LogP) is 5.52. The molecular weight excluding hydrogens is 401 g/mol. The van der Waals surface area contributed by atoms with E-state index in [9.17, 15) is 4.79 Å². The molecule has 5 nitrogen and oxygen atoms in total. The van der Waals surface area contributed by atoms with Gasteiger partial charge in [0.05, 0.1) is 28.3 Å². The van der Waals surface area contributed by atoms with Gasteiger partial charge in [-0.15, -0.1) is 0 Å². The highest BCUT2D eigenvalue weighted by molar-refractivity contribution is 6.34. The van der Waals surface area contributed by atoms with Crippen molar-refractivity contribution in [2.24, 2.45) is 4.99 Å². The Bertz CT molecular complexity index is 967. The van der Waals surface area contributed by atoms with E-state index in [0.29, 0.717) is 39.3 Å². The van der Waals surface area contributed by atoms with Crippen LogP contribution >= 0.6 is 23.2 Å². The largest absolute Gasteiger partial charge is 0.490 e. The average Bonchev–Trinajstić information content (AvgIpc) is 2.99. The number of cyclic esters (lactones) is 1. The summed E-state index contributed by atoms with van der Waals surface area (Å²) in [6.45, 7) is 6.12. The number of carbonyl (C=O) groups excluding carboxylic acids is 1. The molecule has 0 saturated carbocycles. The number of hydrogen-bond donors (Lipinski definition) is 0. The fourth-order valence-corrected chi connectivity index (χ4v) is 3.08. The lowest BCUT2D eigenvalue weighted by atomic mass is 10.1. The van der Waals surface area contributed by atoms with Gasteiger partial charge in [-0.3, -0.25) is 0 Å². The van der Waals surface area contributed by atoms with Gasteiger partial charge >= 0.3 is 5.97 Å². The van der Waals surface area contributed by atoms with Crippen molar-refractivity contribution >= 4 is 41.1 Å². The van der Waals surface area contributed by atoms with E-state index in [2.05, 4.69) is 4.99 Å². The molecule has 7 heteroatoms. The van der Waals surface area contributed by atoms with Gasteiger partial charge in [0.2, 0.25) is 5.90 Å². The van der Waals surface area contributed by atoms with Gasteiger partial charge in [-0.25, -0.2) is 9.79 Å².